The highest BCUT2D eigenvalue weighted by atomic mass is 16.5. The van der Waals surface area contributed by atoms with Gasteiger partial charge in [0.1, 0.15) is 5.75 Å². The molecule has 0 spiro atoms. The number of aryl methyl sites for hydroxylation is 2. The van der Waals surface area contributed by atoms with E-state index in [0.717, 1.165) is 24.2 Å². The fraction of sp³-hybridized carbons (Fsp3) is 0.333. The van der Waals surface area contributed by atoms with Gasteiger partial charge in [0.25, 0.3) is 0 Å². The number of hydrogen-bond donors (Lipinski definition) is 0. The molecule has 68 valence electrons. The minimum atomic E-state index is 0.784. The average Bonchev–Trinajstić information content (AvgIpc) is 2.16. The van der Waals surface area contributed by atoms with Gasteiger partial charge in [-0.3, -0.25) is 0 Å². The van der Waals surface area contributed by atoms with E-state index in [1.165, 1.54) is 5.56 Å². The van der Waals surface area contributed by atoms with E-state index in [9.17, 15) is 0 Å². The molecular formula is C12H14O. The number of ether oxygens (including phenoxy) is 1. The van der Waals surface area contributed by atoms with Crippen LogP contribution in [-0.4, -0.2) is 7.11 Å². The molecule has 0 aliphatic rings. The average molecular weight is 174 g/mol. The molecule has 0 unspecified atom stereocenters. The summed E-state index contributed by atoms with van der Waals surface area (Å²) in [4.78, 5) is 0. The molecule has 1 aromatic rings. The van der Waals surface area contributed by atoms with E-state index in [2.05, 4.69) is 18.1 Å². The molecule has 1 aromatic carbocycles. The Morgan fingerprint density at radius 2 is 2.23 bits per heavy atom. The highest BCUT2D eigenvalue weighted by molar-refractivity contribution is 5.36. The van der Waals surface area contributed by atoms with Crippen LogP contribution in [0.3, 0.4) is 0 Å². The van der Waals surface area contributed by atoms with Crippen molar-refractivity contribution in [1.29, 1.82) is 0 Å². The highest BCUT2D eigenvalue weighted by Crippen LogP contribution is 2.19. The molecule has 1 nitrogen and oxygen atoms in total. The van der Waals surface area contributed by atoms with Gasteiger partial charge in [0.15, 0.2) is 0 Å². The second-order valence-electron chi connectivity index (χ2n) is 3.01. The normalized spacial score (nSPS) is 9.31. The largest absolute Gasteiger partial charge is 0.496 e. The molecule has 0 heterocycles. The quantitative estimate of drug-likeness (QED) is 0.640. The molecule has 0 amide bonds. The van der Waals surface area contributed by atoms with Gasteiger partial charge in [0.05, 0.1) is 7.11 Å². The molecule has 0 aliphatic carbocycles. The predicted octanol–water partition coefficient (Wildman–Crippen LogP) is 2.57. The molecule has 0 bridgehead atoms. The first-order valence-electron chi connectivity index (χ1n) is 4.35. The topological polar surface area (TPSA) is 9.23 Å². The van der Waals surface area contributed by atoms with E-state index in [1.54, 1.807) is 7.11 Å². The third kappa shape index (κ3) is 2.52. The minimum absolute atomic E-state index is 0.784. The minimum Gasteiger partial charge on any atom is -0.496 e. The zero-order valence-corrected chi connectivity index (χ0v) is 8.13. The van der Waals surface area contributed by atoms with Crippen LogP contribution in [0, 0.1) is 19.3 Å². The highest BCUT2D eigenvalue weighted by Gasteiger charge is 1.98. The molecule has 1 rings (SSSR count). The van der Waals surface area contributed by atoms with E-state index >= 15 is 0 Å². The lowest BCUT2D eigenvalue weighted by Gasteiger charge is -2.06. The maximum absolute atomic E-state index is 5.21. The maximum atomic E-state index is 5.21. The first-order valence-corrected chi connectivity index (χ1v) is 4.35. The summed E-state index contributed by atoms with van der Waals surface area (Å²) in [6.45, 7) is 2.03. The zero-order valence-electron chi connectivity index (χ0n) is 8.13. The smallest absolute Gasteiger partial charge is 0.122 e. The second kappa shape index (κ2) is 4.57. The Labute approximate surface area is 79.7 Å². The summed E-state index contributed by atoms with van der Waals surface area (Å²) in [5.74, 6) is 3.57. The van der Waals surface area contributed by atoms with Crippen LogP contribution >= 0.6 is 0 Å². The number of terminal acetylenes is 1. The standard InChI is InChI=1S/C12H14O/c1-4-5-6-11-8-7-10(2)12(9-11)13-3/h1,7-9H,5-6H2,2-3H3. The third-order valence-corrected chi connectivity index (χ3v) is 2.03. The van der Waals surface area contributed by atoms with Crippen LogP contribution < -0.4 is 4.74 Å². The SMILES string of the molecule is C#CCCc1ccc(C)c(OC)c1. The van der Waals surface area contributed by atoms with Crippen LogP contribution in [-0.2, 0) is 6.42 Å². The van der Waals surface area contributed by atoms with Crippen molar-refractivity contribution in [3.8, 4) is 18.1 Å². The van der Waals surface area contributed by atoms with Crippen LogP contribution in [0.5, 0.6) is 5.75 Å². The Hall–Kier alpha value is -1.42. The summed E-state index contributed by atoms with van der Waals surface area (Å²) in [6, 6.07) is 6.20. The second-order valence-corrected chi connectivity index (χ2v) is 3.01. The number of benzene rings is 1. The van der Waals surface area contributed by atoms with Crippen molar-refractivity contribution in [2.24, 2.45) is 0 Å². The van der Waals surface area contributed by atoms with Crippen LogP contribution in [0.2, 0.25) is 0 Å². The summed E-state index contributed by atoms with van der Waals surface area (Å²) in [6.07, 6.45) is 6.90. The Morgan fingerprint density at radius 1 is 1.46 bits per heavy atom. The lowest BCUT2D eigenvalue weighted by Crippen LogP contribution is -1.90. The summed E-state index contributed by atoms with van der Waals surface area (Å²) in [5, 5.41) is 0. The van der Waals surface area contributed by atoms with Crippen LogP contribution in [0.15, 0.2) is 18.2 Å². The van der Waals surface area contributed by atoms with E-state index < -0.39 is 0 Å². The Morgan fingerprint density at radius 3 is 2.85 bits per heavy atom. The van der Waals surface area contributed by atoms with Crippen molar-refractivity contribution in [1.82, 2.24) is 0 Å². The summed E-state index contributed by atoms with van der Waals surface area (Å²) < 4.78 is 5.21. The Balaban J connectivity index is 2.81. The van der Waals surface area contributed by atoms with Crippen molar-refractivity contribution in [3.05, 3.63) is 29.3 Å². The van der Waals surface area contributed by atoms with Crippen LogP contribution in [0.25, 0.3) is 0 Å². The van der Waals surface area contributed by atoms with E-state index in [-0.39, 0.29) is 0 Å². The molecule has 13 heavy (non-hydrogen) atoms. The molecule has 0 N–H and O–H groups in total. The summed E-state index contributed by atoms with van der Waals surface area (Å²) in [7, 11) is 1.69. The first-order chi connectivity index (χ1) is 6.27. The predicted molar refractivity (Wildman–Crippen MR) is 54.9 cm³/mol. The molecule has 0 radical (unpaired) electrons. The van der Waals surface area contributed by atoms with Gasteiger partial charge in [-0.05, 0) is 30.5 Å². The van der Waals surface area contributed by atoms with Crippen LogP contribution in [0.1, 0.15) is 17.5 Å². The number of methoxy groups -OCH3 is 1. The molecule has 0 saturated heterocycles. The van der Waals surface area contributed by atoms with E-state index in [0.29, 0.717) is 0 Å². The van der Waals surface area contributed by atoms with Crippen molar-refractivity contribution in [2.75, 3.05) is 7.11 Å². The molecule has 0 fully saturated rings. The first kappa shape index (κ1) is 9.67. The lowest BCUT2D eigenvalue weighted by atomic mass is 10.1. The Kier molecular flexibility index (Phi) is 3.40. The van der Waals surface area contributed by atoms with Gasteiger partial charge in [-0.2, -0.15) is 0 Å². The van der Waals surface area contributed by atoms with Gasteiger partial charge < -0.3 is 4.74 Å². The van der Waals surface area contributed by atoms with Crippen molar-refractivity contribution >= 4 is 0 Å². The summed E-state index contributed by atoms with van der Waals surface area (Å²) >= 11 is 0. The van der Waals surface area contributed by atoms with Crippen molar-refractivity contribution in [3.63, 3.8) is 0 Å². The van der Waals surface area contributed by atoms with Gasteiger partial charge in [-0.15, -0.1) is 12.3 Å². The summed E-state index contributed by atoms with van der Waals surface area (Å²) in [5.41, 5.74) is 2.40. The fourth-order valence-corrected chi connectivity index (χ4v) is 1.24. The van der Waals surface area contributed by atoms with Gasteiger partial charge in [-0.25, -0.2) is 0 Å². The van der Waals surface area contributed by atoms with Gasteiger partial charge in [-0.1, -0.05) is 12.1 Å². The molecule has 0 saturated carbocycles. The van der Waals surface area contributed by atoms with E-state index in [4.69, 9.17) is 11.2 Å². The third-order valence-electron chi connectivity index (χ3n) is 2.03. The van der Waals surface area contributed by atoms with Gasteiger partial charge in [0.2, 0.25) is 0 Å². The van der Waals surface area contributed by atoms with Crippen LogP contribution in [0.4, 0.5) is 0 Å². The molecule has 0 aromatic heterocycles. The van der Waals surface area contributed by atoms with Gasteiger partial charge >= 0.3 is 0 Å². The molecule has 0 aliphatic heterocycles. The Bertz CT molecular complexity index is 320. The van der Waals surface area contributed by atoms with Crippen molar-refractivity contribution in [2.45, 2.75) is 19.8 Å². The van der Waals surface area contributed by atoms with Gasteiger partial charge in [0, 0.05) is 6.42 Å². The monoisotopic (exact) mass is 174 g/mol. The molecule has 0 atom stereocenters. The van der Waals surface area contributed by atoms with E-state index in [1.807, 2.05) is 13.0 Å². The number of hydrogen-bond acceptors (Lipinski definition) is 1. The molecular weight excluding hydrogens is 160 g/mol. The fourth-order valence-electron chi connectivity index (χ4n) is 1.24. The number of rotatable bonds is 3. The zero-order chi connectivity index (χ0) is 9.68. The molecule has 1 heteroatoms. The maximum Gasteiger partial charge on any atom is 0.122 e. The van der Waals surface area contributed by atoms with Crippen molar-refractivity contribution < 1.29 is 4.74 Å². The lowest BCUT2D eigenvalue weighted by molar-refractivity contribution is 0.411.